The Morgan fingerprint density at radius 2 is 0.864 bits per heavy atom. The Hall–Kier alpha value is -7.72. The molecule has 0 unspecified atom stereocenters. The van der Waals surface area contributed by atoms with Gasteiger partial charge in [-0.05, 0) is 146 Å². The van der Waals surface area contributed by atoms with Gasteiger partial charge in [-0.15, -0.1) is 0 Å². The van der Waals surface area contributed by atoms with Crippen LogP contribution in [-0.4, -0.2) is 4.57 Å². The van der Waals surface area contributed by atoms with Crippen molar-refractivity contribution in [3.63, 3.8) is 0 Å². The molecule has 1 aliphatic rings. The van der Waals surface area contributed by atoms with Gasteiger partial charge in [-0.25, -0.2) is 0 Å². The number of benzene rings is 10. The molecule has 0 radical (unpaired) electrons. The van der Waals surface area contributed by atoms with Crippen LogP contribution in [0.2, 0.25) is 0 Å². The molecular weight excluding hydrogens is 865 g/mol. The molecular formula is C63H45BrN2. The molecule has 0 fully saturated rings. The van der Waals surface area contributed by atoms with Crippen LogP contribution in [0.15, 0.2) is 241 Å². The molecule has 1 aliphatic carbocycles. The third kappa shape index (κ3) is 6.78. The fourth-order valence-electron chi connectivity index (χ4n) is 10.4. The van der Waals surface area contributed by atoms with E-state index in [1.807, 2.05) is 0 Å². The summed E-state index contributed by atoms with van der Waals surface area (Å²) >= 11 is 3.58. The van der Waals surface area contributed by atoms with Gasteiger partial charge in [-0.2, -0.15) is 0 Å². The van der Waals surface area contributed by atoms with Crippen molar-refractivity contribution in [1.82, 2.24) is 4.57 Å². The lowest BCUT2D eigenvalue weighted by Crippen LogP contribution is -2.16. The zero-order valence-electron chi connectivity index (χ0n) is 36.8. The quantitative estimate of drug-likeness (QED) is 0.147. The van der Waals surface area contributed by atoms with Gasteiger partial charge < -0.3 is 9.47 Å². The predicted molar refractivity (Wildman–Crippen MR) is 282 cm³/mol. The Bertz CT molecular complexity index is 3590. The molecule has 0 N–H and O–H groups in total. The number of nitrogens with zero attached hydrogens (tertiary/aromatic N) is 2. The summed E-state index contributed by atoms with van der Waals surface area (Å²) in [5.74, 6) is 0. The molecule has 66 heavy (non-hydrogen) atoms. The van der Waals surface area contributed by atoms with Crippen LogP contribution in [0.25, 0.3) is 83.1 Å². The van der Waals surface area contributed by atoms with Gasteiger partial charge in [0.15, 0.2) is 0 Å². The zero-order valence-corrected chi connectivity index (χ0v) is 38.4. The maximum Gasteiger partial charge on any atom is 0.0541 e. The molecule has 2 nitrogen and oxygen atoms in total. The highest BCUT2D eigenvalue weighted by atomic mass is 79.9. The first-order valence-corrected chi connectivity index (χ1v) is 23.5. The Labute approximate surface area is 394 Å². The second-order valence-corrected chi connectivity index (χ2v) is 18.8. The van der Waals surface area contributed by atoms with E-state index in [-0.39, 0.29) is 5.41 Å². The number of aromatic nitrogens is 1. The van der Waals surface area contributed by atoms with Gasteiger partial charge in [0, 0.05) is 43.4 Å². The van der Waals surface area contributed by atoms with E-state index in [9.17, 15) is 0 Å². The van der Waals surface area contributed by atoms with Crippen molar-refractivity contribution in [3.05, 3.63) is 252 Å². The van der Waals surface area contributed by atoms with E-state index in [0.717, 1.165) is 27.2 Å². The van der Waals surface area contributed by atoms with Crippen molar-refractivity contribution in [2.75, 3.05) is 4.90 Å². The number of rotatable bonds is 8. The van der Waals surface area contributed by atoms with Gasteiger partial charge in [0.05, 0.1) is 11.0 Å². The van der Waals surface area contributed by atoms with Gasteiger partial charge in [0.1, 0.15) is 0 Å². The van der Waals surface area contributed by atoms with Gasteiger partial charge in [-0.1, -0.05) is 188 Å². The SMILES string of the molecule is CC1(C)c2ccccc2-c2ccc(N(c3ccc(-c4ccccc4)cc3)c3ccc(-c4ccc5c(c4)c4ccccc4n5-c4ccc(-c5ccc(Br)cc5)cc4)c(-c4ccccc4)c3)cc21. The lowest BCUT2D eigenvalue weighted by molar-refractivity contribution is 0.660. The molecule has 11 aromatic rings. The van der Waals surface area contributed by atoms with Crippen LogP contribution in [0.1, 0.15) is 25.0 Å². The van der Waals surface area contributed by atoms with Crippen molar-refractivity contribution in [2.45, 2.75) is 19.3 Å². The van der Waals surface area contributed by atoms with Crippen LogP contribution in [0.5, 0.6) is 0 Å². The molecule has 0 saturated heterocycles. The number of hydrogen-bond acceptors (Lipinski definition) is 1. The number of halogens is 1. The highest BCUT2D eigenvalue weighted by Crippen LogP contribution is 2.51. The fourth-order valence-corrected chi connectivity index (χ4v) is 10.6. The summed E-state index contributed by atoms with van der Waals surface area (Å²) < 4.78 is 3.48. The summed E-state index contributed by atoms with van der Waals surface area (Å²) in [5.41, 5.74) is 21.6. The van der Waals surface area contributed by atoms with Crippen molar-refractivity contribution in [1.29, 1.82) is 0 Å². The first-order chi connectivity index (χ1) is 32.4. The van der Waals surface area contributed by atoms with E-state index in [1.54, 1.807) is 0 Å². The van der Waals surface area contributed by atoms with Gasteiger partial charge >= 0.3 is 0 Å². The first kappa shape index (κ1) is 39.8. The molecule has 1 aromatic heterocycles. The fraction of sp³-hybridized carbons (Fsp3) is 0.0476. The van der Waals surface area contributed by atoms with Crippen LogP contribution >= 0.6 is 15.9 Å². The largest absolute Gasteiger partial charge is 0.310 e. The Morgan fingerprint density at radius 3 is 1.59 bits per heavy atom. The molecule has 0 saturated carbocycles. The van der Waals surface area contributed by atoms with Gasteiger partial charge in [0.2, 0.25) is 0 Å². The summed E-state index contributed by atoms with van der Waals surface area (Å²) in [6.45, 7) is 4.72. The average Bonchev–Trinajstić information content (AvgIpc) is 3.82. The van der Waals surface area contributed by atoms with E-state index in [4.69, 9.17) is 0 Å². The van der Waals surface area contributed by atoms with Crippen molar-refractivity contribution in [2.24, 2.45) is 0 Å². The number of anilines is 3. The lowest BCUT2D eigenvalue weighted by atomic mass is 9.82. The summed E-state index contributed by atoms with van der Waals surface area (Å²) in [6.07, 6.45) is 0. The second-order valence-electron chi connectivity index (χ2n) is 17.9. The van der Waals surface area contributed by atoms with E-state index >= 15 is 0 Å². The third-order valence-corrected chi connectivity index (χ3v) is 14.2. The van der Waals surface area contributed by atoms with E-state index in [2.05, 4.69) is 276 Å². The van der Waals surface area contributed by atoms with E-state index in [1.165, 1.54) is 88.6 Å². The molecule has 314 valence electrons. The maximum absolute atomic E-state index is 3.58. The molecule has 0 spiro atoms. The van der Waals surface area contributed by atoms with Crippen molar-refractivity contribution in [3.8, 4) is 61.3 Å². The van der Waals surface area contributed by atoms with Crippen molar-refractivity contribution < 1.29 is 0 Å². The molecule has 0 bridgehead atoms. The van der Waals surface area contributed by atoms with Crippen LogP contribution in [0.3, 0.4) is 0 Å². The van der Waals surface area contributed by atoms with Crippen LogP contribution in [0, 0.1) is 0 Å². The lowest BCUT2D eigenvalue weighted by Gasteiger charge is -2.29. The summed E-state index contributed by atoms with van der Waals surface area (Å²) in [7, 11) is 0. The smallest absolute Gasteiger partial charge is 0.0541 e. The van der Waals surface area contributed by atoms with E-state index < -0.39 is 0 Å². The van der Waals surface area contributed by atoms with Crippen LogP contribution in [0.4, 0.5) is 17.1 Å². The van der Waals surface area contributed by atoms with Crippen LogP contribution in [-0.2, 0) is 5.41 Å². The first-order valence-electron chi connectivity index (χ1n) is 22.7. The molecule has 12 rings (SSSR count). The third-order valence-electron chi connectivity index (χ3n) is 13.7. The van der Waals surface area contributed by atoms with E-state index in [0.29, 0.717) is 0 Å². The Balaban J connectivity index is 1.00. The normalized spacial score (nSPS) is 12.6. The minimum absolute atomic E-state index is 0.130. The highest BCUT2D eigenvalue weighted by Gasteiger charge is 2.36. The minimum Gasteiger partial charge on any atom is -0.310 e. The second kappa shape index (κ2) is 16.1. The number of hydrogen-bond donors (Lipinski definition) is 0. The average molecular weight is 910 g/mol. The molecule has 10 aromatic carbocycles. The van der Waals surface area contributed by atoms with Gasteiger partial charge in [-0.3, -0.25) is 0 Å². The molecule has 0 atom stereocenters. The zero-order chi connectivity index (χ0) is 44.4. The number of para-hydroxylation sites is 1. The summed E-state index contributed by atoms with van der Waals surface area (Å²) in [4.78, 5) is 2.43. The molecule has 1 heterocycles. The standard InChI is InChI=1S/C63H45BrN2/c1-63(2)59-19-11-9-17-54(59)55-37-35-52(41-60(55)63)65(49-30-23-44(24-31-49)42-13-5-3-6-14-42)51-34-36-53(57(40-51)46-15-7-4-8-16-46)47-27-38-62-58(39-47)56-18-10-12-20-61(56)66(62)50-32-25-45(26-33-50)43-21-28-48(64)29-22-43/h3-41H,1-2H3. The highest BCUT2D eigenvalue weighted by molar-refractivity contribution is 9.10. The van der Waals surface area contributed by atoms with Crippen LogP contribution < -0.4 is 4.90 Å². The molecule has 3 heteroatoms. The molecule has 0 amide bonds. The Kier molecular flexibility index (Phi) is 9.70. The summed E-state index contributed by atoms with van der Waals surface area (Å²) in [6, 6.07) is 86.7. The maximum atomic E-state index is 3.58. The monoisotopic (exact) mass is 908 g/mol. The summed E-state index contributed by atoms with van der Waals surface area (Å²) in [5, 5.41) is 2.46. The van der Waals surface area contributed by atoms with Crippen molar-refractivity contribution >= 4 is 54.8 Å². The topological polar surface area (TPSA) is 8.17 Å². The Morgan fingerprint density at radius 1 is 0.348 bits per heavy atom. The minimum atomic E-state index is -0.130. The predicted octanol–water partition coefficient (Wildman–Crippen LogP) is 18.0. The van der Waals surface area contributed by atoms with Gasteiger partial charge in [0.25, 0.3) is 0 Å². The molecule has 0 aliphatic heterocycles. The number of fused-ring (bicyclic) bond motifs is 6.